The van der Waals surface area contributed by atoms with Crippen LogP contribution < -0.4 is 5.43 Å². The van der Waals surface area contributed by atoms with Gasteiger partial charge in [-0.3, -0.25) is 10.2 Å². The molecule has 1 aromatic heterocycles. The lowest BCUT2D eigenvalue weighted by molar-refractivity contribution is -0.133. The molecular formula is C15H15FN4O4. The van der Waals surface area contributed by atoms with Gasteiger partial charge in [0.2, 0.25) is 11.5 Å². The topological polar surface area (TPSA) is 94.8 Å². The zero-order valence-corrected chi connectivity index (χ0v) is 13.0. The number of hydrogen-bond acceptors (Lipinski definition) is 7. The Morgan fingerprint density at radius 3 is 2.75 bits per heavy atom. The third kappa shape index (κ3) is 4.02. The highest BCUT2D eigenvalue weighted by Crippen LogP contribution is 2.18. The minimum Gasteiger partial charge on any atom is -0.464 e. The fourth-order valence-electron chi connectivity index (χ4n) is 1.79. The zero-order chi connectivity index (χ0) is 17.5. The molecule has 2 aromatic rings. The molecule has 1 heterocycles. The van der Waals surface area contributed by atoms with E-state index < -0.39 is 23.3 Å². The van der Waals surface area contributed by atoms with Gasteiger partial charge in [-0.15, -0.1) is 0 Å². The summed E-state index contributed by atoms with van der Waals surface area (Å²) in [6.45, 7) is -0.351. The van der Waals surface area contributed by atoms with Crippen molar-refractivity contribution in [1.29, 1.82) is 0 Å². The monoisotopic (exact) mass is 334 g/mol. The van der Waals surface area contributed by atoms with Crippen molar-refractivity contribution < 1.29 is 23.5 Å². The van der Waals surface area contributed by atoms with Crippen LogP contribution in [0.25, 0.3) is 5.69 Å². The molecular weight excluding hydrogens is 319 g/mol. The number of nitrogens with one attached hydrogen (secondary N) is 1. The zero-order valence-electron chi connectivity index (χ0n) is 13.0. The second-order valence-electron chi connectivity index (χ2n) is 4.53. The van der Waals surface area contributed by atoms with Crippen LogP contribution in [-0.4, -0.2) is 48.1 Å². The molecule has 2 rings (SSSR count). The number of carbonyl (C=O) groups excluding carboxylic acids is 2. The van der Waals surface area contributed by atoms with E-state index in [0.29, 0.717) is 5.69 Å². The first-order chi connectivity index (χ1) is 11.6. The molecule has 9 heteroatoms. The van der Waals surface area contributed by atoms with Crippen molar-refractivity contribution >= 4 is 23.2 Å². The molecule has 0 aliphatic carbocycles. The number of aromatic nitrogens is 2. The molecule has 8 nitrogen and oxygen atoms in total. The van der Waals surface area contributed by atoms with E-state index in [2.05, 4.69) is 25.1 Å². The number of hydrogen-bond donors (Lipinski definition) is 1. The predicted molar refractivity (Wildman–Crippen MR) is 83.5 cm³/mol. The Balaban J connectivity index is 2.22. The summed E-state index contributed by atoms with van der Waals surface area (Å²) in [6, 6.07) is 5.95. The summed E-state index contributed by atoms with van der Waals surface area (Å²) in [6.07, 6.45) is 3.23. The molecule has 0 saturated heterocycles. The van der Waals surface area contributed by atoms with E-state index in [-0.39, 0.29) is 12.3 Å². The van der Waals surface area contributed by atoms with E-state index in [9.17, 15) is 14.0 Å². The smallest absolute Gasteiger partial charge is 0.362 e. The van der Waals surface area contributed by atoms with Crippen molar-refractivity contribution in [2.45, 2.75) is 0 Å². The van der Waals surface area contributed by atoms with E-state index in [1.54, 1.807) is 24.5 Å². The molecule has 126 valence electrons. The van der Waals surface area contributed by atoms with Gasteiger partial charge in [-0.25, -0.2) is 13.9 Å². The van der Waals surface area contributed by atoms with Gasteiger partial charge in [-0.2, -0.15) is 10.2 Å². The maximum Gasteiger partial charge on any atom is 0.362 e. The normalized spacial score (nSPS) is 11.2. The number of esters is 1. The number of anilines is 1. The SMILES string of the molecule is COCC(=O)/C(=N/Nc1ccc(-n2cccn2)cc1F)C(=O)OC. The van der Waals surface area contributed by atoms with Crippen LogP contribution in [-0.2, 0) is 19.1 Å². The van der Waals surface area contributed by atoms with Crippen LogP contribution in [0.1, 0.15) is 0 Å². The fraction of sp³-hybridized carbons (Fsp3) is 0.200. The van der Waals surface area contributed by atoms with E-state index in [0.717, 1.165) is 7.11 Å². The summed E-state index contributed by atoms with van der Waals surface area (Å²) in [5.41, 5.74) is 2.32. The minimum atomic E-state index is -0.946. The first-order valence-corrected chi connectivity index (χ1v) is 6.80. The molecule has 1 N–H and O–H groups in total. The standard InChI is InChI=1S/C15H15FN4O4/c1-23-9-13(21)14(15(22)24-2)19-18-12-5-4-10(8-11(12)16)20-7-3-6-17-20/h3-8,18H,9H2,1-2H3/b19-14-. The molecule has 0 atom stereocenters. The quantitative estimate of drug-likeness (QED) is 0.353. The highest BCUT2D eigenvalue weighted by atomic mass is 19.1. The van der Waals surface area contributed by atoms with E-state index >= 15 is 0 Å². The second-order valence-corrected chi connectivity index (χ2v) is 4.53. The van der Waals surface area contributed by atoms with Crippen LogP contribution in [0, 0.1) is 5.82 Å². The molecule has 1 aromatic carbocycles. The Kier molecular flexibility index (Phi) is 5.74. The molecule has 0 saturated carbocycles. The molecule has 0 fully saturated rings. The maximum absolute atomic E-state index is 14.1. The number of carbonyl (C=O) groups is 2. The molecule has 0 bridgehead atoms. The van der Waals surface area contributed by atoms with E-state index in [4.69, 9.17) is 0 Å². The van der Waals surface area contributed by atoms with Crippen molar-refractivity contribution in [3.63, 3.8) is 0 Å². The van der Waals surface area contributed by atoms with Crippen LogP contribution >= 0.6 is 0 Å². The van der Waals surface area contributed by atoms with E-state index in [1.165, 1.54) is 23.9 Å². The molecule has 0 aliphatic rings. The highest BCUT2D eigenvalue weighted by molar-refractivity contribution is 6.64. The van der Waals surface area contributed by atoms with Crippen LogP contribution in [0.3, 0.4) is 0 Å². The fourth-order valence-corrected chi connectivity index (χ4v) is 1.79. The number of benzene rings is 1. The lowest BCUT2D eigenvalue weighted by Crippen LogP contribution is -2.29. The summed E-state index contributed by atoms with van der Waals surface area (Å²) in [5.74, 6) is -2.27. The number of hydrazone groups is 1. The molecule has 0 unspecified atom stereocenters. The van der Waals surface area contributed by atoms with Gasteiger partial charge in [0.15, 0.2) is 0 Å². The average molecular weight is 334 g/mol. The van der Waals surface area contributed by atoms with Crippen LogP contribution in [0.15, 0.2) is 41.8 Å². The Bertz CT molecular complexity index is 759. The summed E-state index contributed by atoms with van der Waals surface area (Å²) in [4.78, 5) is 23.3. The summed E-state index contributed by atoms with van der Waals surface area (Å²) >= 11 is 0. The number of halogens is 1. The van der Waals surface area contributed by atoms with Crippen molar-refractivity contribution in [1.82, 2.24) is 9.78 Å². The average Bonchev–Trinajstić information content (AvgIpc) is 3.10. The number of methoxy groups -OCH3 is 2. The molecule has 0 amide bonds. The minimum absolute atomic E-state index is 0.0162. The predicted octanol–water partition coefficient (Wildman–Crippen LogP) is 1.17. The molecule has 24 heavy (non-hydrogen) atoms. The number of nitrogens with zero attached hydrogens (tertiary/aromatic N) is 3. The molecule has 0 spiro atoms. The lowest BCUT2D eigenvalue weighted by atomic mass is 10.2. The number of rotatable bonds is 7. The van der Waals surface area contributed by atoms with Gasteiger partial charge < -0.3 is 9.47 Å². The first-order valence-electron chi connectivity index (χ1n) is 6.80. The summed E-state index contributed by atoms with van der Waals surface area (Å²) in [5, 5.41) is 7.63. The highest BCUT2D eigenvalue weighted by Gasteiger charge is 2.21. The largest absolute Gasteiger partial charge is 0.464 e. The van der Waals surface area contributed by atoms with Crippen molar-refractivity contribution in [2.75, 3.05) is 26.3 Å². The van der Waals surface area contributed by atoms with Crippen molar-refractivity contribution in [3.8, 4) is 5.69 Å². The lowest BCUT2D eigenvalue weighted by Gasteiger charge is -2.07. The first kappa shape index (κ1) is 17.3. The van der Waals surface area contributed by atoms with Gasteiger partial charge in [0.25, 0.3) is 0 Å². The Morgan fingerprint density at radius 2 is 2.17 bits per heavy atom. The molecule has 0 aliphatic heterocycles. The molecule has 0 radical (unpaired) electrons. The van der Waals surface area contributed by atoms with E-state index in [1.807, 2.05) is 0 Å². The summed E-state index contributed by atoms with van der Waals surface area (Å²) in [7, 11) is 2.41. The third-order valence-electron chi connectivity index (χ3n) is 2.93. The number of ether oxygens (including phenoxy) is 2. The Morgan fingerprint density at radius 1 is 1.38 bits per heavy atom. The van der Waals surface area contributed by atoms with Crippen LogP contribution in [0.2, 0.25) is 0 Å². The van der Waals surface area contributed by atoms with Crippen molar-refractivity contribution in [3.05, 3.63) is 42.5 Å². The number of Topliss-reactive ketones (excluding diaryl/α,β-unsaturated/α-hetero) is 1. The van der Waals surface area contributed by atoms with Gasteiger partial charge in [-0.05, 0) is 18.2 Å². The third-order valence-corrected chi connectivity index (χ3v) is 2.93. The number of ketones is 1. The second kappa shape index (κ2) is 7.97. The van der Waals surface area contributed by atoms with Gasteiger partial charge >= 0.3 is 5.97 Å². The van der Waals surface area contributed by atoms with Crippen LogP contribution in [0.4, 0.5) is 10.1 Å². The van der Waals surface area contributed by atoms with Gasteiger partial charge in [-0.1, -0.05) is 0 Å². The van der Waals surface area contributed by atoms with Crippen molar-refractivity contribution in [2.24, 2.45) is 5.10 Å². The van der Waals surface area contributed by atoms with Gasteiger partial charge in [0.1, 0.15) is 12.4 Å². The Labute approximate surface area is 136 Å². The van der Waals surface area contributed by atoms with Gasteiger partial charge in [0, 0.05) is 25.6 Å². The summed E-state index contributed by atoms with van der Waals surface area (Å²) < 4.78 is 24.7. The van der Waals surface area contributed by atoms with Gasteiger partial charge in [0.05, 0.1) is 18.5 Å². The van der Waals surface area contributed by atoms with Crippen LogP contribution in [0.5, 0.6) is 0 Å². The maximum atomic E-state index is 14.1. The Hall–Kier alpha value is -3.07.